The highest BCUT2D eigenvalue weighted by molar-refractivity contribution is 7.92. The van der Waals surface area contributed by atoms with E-state index in [-0.39, 0.29) is 34.2 Å². The van der Waals surface area contributed by atoms with Gasteiger partial charge < -0.3 is 15.0 Å². The van der Waals surface area contributed by atoms with Gasteiger partial charge in [-0.05, 0) is 55.7 Å². The predicted molar refractivity (Wildman–Crippen MR) is 147 cm³/mol. The van der Waals surface area contributed by atoms with Crippen LogP contribution in [0.5, 0.6) is 5.75 Å². The van der Waals surface area contributed by atoms with E-state index in [2.05, 4.69) is 5.32 Å². The van der Waals surface area contributed by atoms with Crippen LogP contribution >= 0.6 is 23.2 Å². The molecule has 0 radical (unpaired) electrons. The van der Waals surface area contributed by atoms with Crippen LogP contribution in [0, 0.1) is 0 Å². The number of carbonyl (C=O) groups excluding carboxylic acids is 2. The van der Waals surface area contributed by atoms with E-state index in [0.29, 0.717) is 5.75 Å². The minimum absolute atomic E-state index is 0.0689. The lowest BCUT2D eigenvalue weighted by atomic mass is 9.95. The molecule has 0 aliphatic heterocycles. The molecule has 2 aromatic rings. The Hall–Kier alpha value is -2.49. The second-order valence-electron chi connectivity index (χ2n) is 9.25. The molecule has 1 N–H and O–H groups in total. The molecule has 2 amide bonds. The van der Waals surface area contributed by atoms with Crippen LogP contribution in [-0.2, 0) is 26.2 Å². The van der Waals surface area contributed by atoms with Crippen molar-refractivity contribution in [2.75, 3.05) is 24.2 Å². The van der Waals surface area contributed by atoms with E-state index in [4.69, 9.17) is 27.9 Å². The van der Waals surface area contributed by atoms with Gasteiger partial charge in [0.1, 0.15) is 18.3 Å². The van der Waals surface area contributed by atoms with Gasteiger partial charge in [0.15, 0.2) is 0 Å². The molecule has 1 atom stereocenters. The number of sulfonamides is 1. The number of nitrogens with one attached hydrogen (secondary N) is 1. The first-order valence-corrected chi connectivity index (χ1v) is 14.8. The third kappa shape index (κ3) is 7.99. The summed E-state index contributed by atoms with van der Waals surface area (Å²) in [6.07, 6.45) is 6.05. The average Bonchev–Trinajstić information content (AvgIpc) is 2.87. The fourth-order valence-corrected chi connectivity index (χ4v) is 5.64. The van der Waals surface area contributed by atoms with Gasteiger partial charge in [0.2, 0.25) is 21.8 Å². The molecule has 0 unspecified atom stereocenters. The quantitative estimate of drug-likeness (QED) is 0.449. The second kappa shape index (κ2) is 12.8. The largest absolute Gasteiger partial charge is 0.497 e. The third-order valence-corrected chi connectivity index (χ3v) is 8.17. The first-order valence-electron chi connectivity index (χ1n) is 12.1. The lowest BCUT2D eigenvalue weighted by molar-refractivity contribution is -0.139. The highest BCUT2D eigenvalue weighted by Gasteiger charge is 2.32. The number of anilines is 1. The SMILES string of the molecule is COc1ccc(CN(C(=O)CN(c2cc(Cl)ccc2Cl)S(C)(=O)=O)[C@H](C)C(=O)NC2CCCCC2)cc1. The van der Waals surface area contributed by atoms with Crippen LogP contribution in [0.25, 0.3) is 0 Å². The van der Waals surface area contributed by atoms with E-state index in [1.807, 2.05) is 0 Å². The van der Waals surface area contributed by atoms with Crippen molar-refractivity contribution in [3.05, 3.63) is 58.1 Å². The third-order valence-electron chi connectivity index (χ3n) is 6.49. The van der Waals surface area contributed by atoms with Gasteiger partial charge >= 0.3 is 0 Å². The zero-order chi connectivity index (χ0) is 27.2. The van der Waals surface area contributed by atoms with Crippen LogP contribution in [0.1, 0.15) is 44.6 Å². The Kier molecular flexibility index (Phi) is 10.1. The molecule has 1 aliphatic carbocycles. The number of benzene rings is 2. The summed E-state index contributed by atoms with van der Waals surface area (Å²) >= 11 is 12.4. The van der Waals surface area contributed by atoms with Gasteiger partial charge in [-0.3, -0.25) is 13.9 Å². The fourth-order valence-electron chi connectivity index (χ4n) is 4.35. The summed E-state index contributed by atoms with van der Waals surface area (Å²) in [5.74, 6) is -0.174. The summed E-state index contributed by atoms with van der Waals surface area (Å²) in [6, 6.07) is 10.7. The predicted octanol–water partition coefficient (Wildman–Crippen LogP) is 4.63. The second-order valence-corrected chi connectivity index (χ2v) is 12.0. The Morgan fingerprint density at radius 3 is 2.32 bits per heavy atom. The molecule has 0 saturated heterocycles. The maximum Gasteiger partial charge on any atom is 0.244 e. The van der Waals surface area contributed by atoms with Crippen molar-refractivity contribution in [2.45, 2.75) is 57.7 Å². The summed E-state index contributed by atoms with van der Waals surface area (Å²) in [4.78, 5) is 28.3. The van der Waals surface area contributed by atoms with E-state index < -0.39 is 28.5 Å². The molecule has 37 heavy (non-hydrogen) atoms. The normalized spacial score (nSPS) is 15.1. The van der Waals surface area contributed by atoms with E-state index in [9.17, 15) is 18.0 Å². The lowest BCUT2D eigenvalue weighted by Crippen LogP contribution is -2.53. The standard InChI is InChI=1S/C26H33Cl2N3O5S/c1-18(26(33)29-21-7-5-4-6-8-21)30(16-19-9-12-22(36-2)13-10-19)25(32)17-31(37(3,34)35)24-15-20(27)11-14-23(24)28/h9-15,18,21H,4-8,16-17H2,1-3H3,(H,29,33)/t18-/m1/s1. The number of hydrogen-bond donors (Lipinski definition) is 1. The van der Waals surface area contributed by atoms with Crippen LogP contribution in [-0.4, -0.2) is 57.1 Å². The number of hydrogen-bond acceptors (Lipinski definition) is 5. The topological polar surface area (TPSA) is 96.0 Å². The van der Waals surface area contributed by atoms with Gasteiger partial charge in [0.25, 0.3) is 0 Å². The Morgan fingerprint density at radius 2 is 1.73 bits per heavy atom. The Labute approximate surface area is 228 Å². The molecule has 8 nitrogen and oxygen atoms in total. The van der Waals surface area contributed by atoms with Crippen LogP contribution < -0.4 is 14.4 Å². The zero-order valence-corrected chi connectivity index (χ0v) is 23.6. The molecular weight excluding hydrogens is 537 g/mol. The smallest absolute Gasteiger partial charge is 0.244 e. The summed E-state index contributed by atoms with van der Waals surface area (Å²) in [6.45, 7) is 1.20. The Bertz CT molecular complexity index is 1200. The maximum atomic E-state index is 13.7. The van der Waals surface area contributed by atoms with Crippen molar-refractivity contribution in [1.82, 2.24) is 10.2 Å². The number of carbonyl (C=O) groups is 2. The lowest BCUT2D eigenvalue weighted by Gasteiger charge is -2.33. The van der Waals surface area contributed by atoms with Crippen molar-refractivity contribution in [3.8, 4) is 5.75 Å². The monoisotopic (exact) mass is 569 g/mol. The van der Waals surface area contributed by atoms with Crippen LogP contribution in [0.4, 0.5) is 5.69 Å². The number of ether oxygens (including phenoxy) is 1. The molecule has 0 heterocycles. The molecule has 2 aromatic carbocycles. The number of methoxy groups -OCH3 is 1. The van der Waals surface area contributed by atoms with Crippen molar-refractivity contribution in [2.24, 2.45) is 0 Å². The Morgan fingerprint density at radius 1 is 1.08 bits per heavy atom. The molecule has 1 aliphatic rings. The van der Waals surface area contributed by atoms with Crippen LogP contribution in [0.3, 0.4) is 0 Å². The molecule has 0 spiro atoms. The van der Waals surface area contributed by atoms with E-state index in [0.717, 1.165) is 48.2 Å². The van der Waals surface area contributed by atoms with Gasteiger partial charge in [-0.2, -0.15) is 0 Å². The average molecular weight is 571 g/mol. The summed E-state index contributed by atoms with van der Waals surface area (Å²) in [7, 11) is -2.35. The molecule has 202 valence electrons. The highest BCUT2D eigenvalue weighted by Crippen LogP contribution is 2.31. The van der Waals surface area contributed by atoms with E-state index in [1.54, 1.807) is 38.3 Å². The minimum atomic E-state index is -3.91. The van der Waals surface area contributed by atoms with E-state index in [1.165, 1.54) is 23.1 Å². The summed E-state index contributed by atoms with van der Waals surface area (Å²) in [5.41, 5.74) is 0.854. The molecule has 11 heteroatoms. The first-order chi connectivity index (χ1) is 17.5. The highest BCUT2D eigenvalue weighted by atomic mass is 35.5. The van der Waals surface area contributed by atoms with Crippen molar-refractivity contribution >= 4 is 50.7 Å². The van der Waals surface area contributed by atoms with Gasteiger partial charge in [-0.15, -0.1) is 0 Å². The van der Waals surface area contributed by atoms with E-state index >= 15 is 0 Å². The number of amides is 2. The van der Waals surface area contributed by atoms with Gasteiger partial charge in [-0.25, -0.2) is 8.42 Å². The van der Waals surface area contributed by atoms with Gasteiger partial charge in [0.05, 0.1) is 24.1 Å². The van der Waals surface area contributed by atoms with Crippen molar-refractivity contribution < 1.29 is 22.7 Å². The zero-order valence-electron chi connectivity index (χ0n) is 21.2. The summed E-state index contributed by atoms with van der Waals surface area (Å²) in [5, 5.41) is 3.47. The molecule has 0 bridgehead atoms. The number of nitrogens with zero attached hydrogens (tertiary/aromatic N) is 2. The number of halogens is 2. The van der Waals surface area contributed by atoms with Crippen LogP contribution in [0.15, 0.2) is 42.5 Å². The first kappa shape index (κ1) is 29.1. The van der Waals surface area contributed by atoms with Gasteiger partial charge in [-0.1, -0.05) is 54.6 Å². The molecule has 3 rings (SSSR count). The Balaban J connectivity index is 1.90. The van der Waals surface area contributed by atoms with Crippen LogP contribution in [0.2, 0.25) is 10.0 Å². The minimum Gasteiger partial charge on any atom is -0.497 e. The van der Waals surface area contributed by atoms with Gasteiger partial charge in [0, 0.05) is 17.6 Å². The molecular formula is C26H33Cl2N3O5S. The molecule has 1 saturated carbocycles. The van der Waals surface area contributed by atoms with Crippen molar-refractivity contribution in [1.29, 1.82) is 0 Å². The summed E-state index contributed by atoms with van der Waals surface area (Å²) < 4.78 is 31.5. The molecule has 0 aromatic heterocycles. The van der Waals surface area contributed by atoms with Crippen molar-refractivity contribution in [3.63, 3.8) is 0 Å². The fraction of sp³-hybridized carbons (Fsp3) is 0.462. The maximum absolute atomic E-state index is 13.7. The molecule has 1 fully saturated rings. The number of rotatable bonds is 10.